The highest BCUT2D eigenvalue weighted by Crippen LogP contribution is 2.23. The molecule has 0 amide bonds. The van der Waals surface area contributed by atoms with Gasteiger partial charge in [-0.05, 0) is 25.0 Å². The van der Waals surface area contributed by atoms with Crippen molar-refractivity contribution in [3.8, 4) is 6.07 Å². The van der Waals surface area contributed by atoms with Gasteiger partial charge in [-0.15, -0.1) is 0 Å². The molecule has 2 N–H and O–H groups in total. The third-order valence-electron chi connectivity index (χ3n) is 2.64. The van der Waals surface area contributed by atoms with Crippen molar-refractivity contribution in [1.29, 1.82) is 5.26 Å². The molecule has 90 valence electrons. The van der Waals surface area contributed by atoms with Gasteiger partial charge in [-0.1, -0.05) is 35.9 Å². The summed E-state index contributed by atoms with van der Waals surface area (Å²) < 4.78 is 25.4. The van der Waals surface area contributed by atoms with Gasteiger partial charge in [0.1, 0.15) is 0 Å². The summed E-state index contributed by atoms with van der Waals surface area (Å²) in [4.78, 5) is 0. The lowest BCUT2D eigenvalue weighted by molar-refractivity contribution is 0.100. The van der Waals surface area contributed by atoms with E-state index in [1.165, 1.54) is 19.1 Å². The van der Waals surface area contributed by atoms with Crippen molar-refractivity contribution in [3.63, 3.8) is 0 Å². The first kappa shape index (κ1) is 13.3. The average Bonchev–Trinajstić information content (AvgIpc) is 2.30. The molecular formula is C13H14F2N2. The summed E-state index contributed by atoms with van der Waals surface area (Å²) in [5.41, 5.74) is 5.14. The lowest BCUT2D eigenvalue weighted by atomic mass is 9.92. The van der Waals surface area contributed by atoms with Gasteiger partial charge in [0, 0.05) is 0 Å². The molecule has 0 heterocycles. The Morgan fingerprint density at radius 1 is 1.41 bits per heavy atom. The number of nitrogens with zero attached hydrogens (tertiary/aromatic N) is 1. The van der Waals surface area contributed by atoms with E-state index in [0.29, 0.717) is 0 Å². The van der Waals surface area contributed by atoms with Crippen LogP contribution >= 0.6 is 0 Å². The summed E-state index contributed by atoms with van der Waals surface area (Å²) >= 11 is 0. The van der Waals surface area contributed by atoms with Crippen LogP contribution in [0.3, 0.4) is 0 Å². The summed E-state index contributed by atoms with van der Waals surface area (Å²) in [6, 6.07) is 8.79. The number of benzene rings is 1. The minimum absolute atomic E-state index is 0.152. The van der Waals surface area contributed by atoms with Gasteiger partial charge in [-0.2, -0.15) is 5.26 Å². The molecule has 0 bridgehead atoms. The molecule has 0 saturated heterocycles. The number of hydrogen-bond acceptors (Lipinski definition) is 2. The number of halogens is 2. The first-order valence-electron chi connectivity index (χ1n) is 5.14. The molecule has 1 aromatic rings. The Balaban J connectivity index is 3.08. The minimum Gasteiger partial charge on any atom is -0.305 e. The van der Waals surface area contributed by atoms with Crippen LogP contribution < -0.4 is 5.73 Å². The minimum atomic E-state index is -2.91. The fraction of sp³-hybridized carbons (Fsp3) is 0.308. The Labute approximate surface area is 99.4 Å². The fourth-order valence-electron chi connectivity index (χ4n) is 1.34. The highest BCUT2D eigenvalue weighted by atomic mass is 19.3. The number of alkyl halides is 2. The van der Waals surface area contributed by atoms with Crippen LogP contribution in [-0.4, -0.2) is 12.0 Å². The number of rotatable bonds is 3. The summed E-state index contributed by atoms with van der Waals surface area (Å²) in [5.74, 6) is 0. The molecule has 1 unspecified atom stereocenters. The predicted octanol–water partition coefficient (Wildman–Crippen LogP) is 2.88. The number of nitriles is 1. The molecule has 0 radical (unpaired) electrons. The van der Waals surface area contributed by atoms with Crippen LogP contribution in [-0.2, 0) is 0 Å². The third kappa shape index (κ3) is 2.89. The standard InChI is InChI=1S/C13H14F2N2/c1-9-3-5-11(6-4-9)7-10(2)13(17,8-16)12(14)15/h3-7,12H,17H2,1-2H3/b10-7+. The van der Waals surface area contributed by atoms with Gasteiger partial charge in [-0.25, -0.2) is 8.78 Å². The van der Waals surface area contributed by atoms with Crippen LogP contribution in [0.1, 0.15) is 18.1 Å². The SMILES string of the molecule is C/C(=C\c1ccc(C)cc1)C(N)(C#N)C(F)F. The monoisotopic (exact) mass is 236 g/mol. The summed E-state index contributed by atoms with van der Waals surface area (Å²) in [5, 5.41) is 8.75. The second-order valence-electron chi connectivity index (χ2n) is 4.02. The van der Waals surface area contributed by atoms with Crippen molar-refractivity contribution >= 4 is 6.08 Å². The van der Waals surface area contributed by atoms with E-state index < -0.39 is 12.0 Å². The first-order valence-corrected chi connectivity index (χ1v) is 5.14. The van der Waals surface area contributed by atoms with E-state index in [0.717, 1.165) is 11.1 Å². The summed E-state index contributed by atoms with van der Waals surface area (Å²) in [6.45, 7) is 3.37. The molecule has 1 rings (SSSR count). The van der Waals surface area contributed by atoms with Crippen LogP contribution in [0, 0.1) is 18.3 Å². The lowest BCUT2D eigenvalue weighted by Gasteiger charge is -2.21. The fourth-order valence-corrected chi connectivity index (χ4v) is 1.34. The molecule has 17 heavy (non-hydrogen) atoms. The van der Waals surface area contributed by atoms with Gasteiger partial charge in [0.15, 0.2) is 5.54 Å². The molecular weight excluding hydrogens is 222 g/mol. The van der Waals surface area contributed by atoms with Gasteiger partial charge in [0.2, 0.25) is 0 Å². The zero-order chi connectivity index (χ0) is 13.1. The van der Waals surface area contributed by atoms with Crippen LogP contribution in [0.2, 0.25) is 0 Å². The van der Waals surface area contributed by atoms with E-state index in [-0.39, 0.29) is 5.57 Å². The molecule has 1 aromatic carbocycles. The zero-order valence-electron chi connectivity index (χ0n) is 9.74. The topological polar surface area (TPSA) is 49.8 Å². The highest BCUT2D eigenvalue weighted by molar-refractivity contribution is 5.57. The normalized spacial score (nSPS) is 15.5. The molecule has 2 nitrogen and oxygen atoms in total. The smallest absolute Gasteiger partial charge is 0.273 e. The molecule has 0 aromatic heterocycles. The van der Waals surface area contributed by atoms with Crippen LogP contribution in [0.25, 0.3) is 6.08 Å². The maximum absolute atomic E-state index is 12.7. The second kappa shape index (κ2) is 5.07. The summed E-state index contributed by atoms with van der Waals surface area (Å²) in [6.07, 6.45) is -1.40. The number of hydrogen-bond donors (Lipinski definition) is 1. The molecule has 0 aliphatic heterocycles. The van der Waals surface area contributed by atoms with Crippen molar-refractivity contribution in [2.24, 2.45) is 5.73 Å². The molecule has 0 aliphatic carbocycles. The zero-order valence-corrected chi connectivity index (χ0v) is 9.74. The van der Waals surface area contributed by atoms with Gasteiger partial charge in [0.05, 0.1) is 6.07 Å². The number of nitrogens with two attached hydrogens (primary N) is 1. The van der Waals surface area contributed by atoms with Gasteiger partial charge in [-0.3, -0.25) is 0 Å². The van der Waals surface area contributed by atoms with Crippen molar-refractivity contribution in [2.45, 2.75) is 25.8 Å². The van der Waals surface area contributed by atoms with Crippen molar-refractivity contribution < 1.29 is 8.78 Å². The quantitative estimate of drug-likeness (QED) is 0.877. The molecule has 4 heteroatoms. The third-order valence-corrected chi connectivity index (χ3v) is 2.64. The first-order chi connectivity index (χ1) is 7.90. The number of aryl methyl sites for hydroxylation is 1. The molecule has 1 atom stereocenters. The van der Waals surface area contributed by atoms with Gasteiger partial charge >= 0.3 is 0 Å². The van der Waals surface area contributed by atoms with E-state index in [1.54, 1.807) is 12.1 Å². The second-order valence-corrected chi connectivity index (χ2v) is 4.02. The van der Waals surface area contributed by atoms with Gasteiger partial charge < -0.3 is 5.73 Å². The van der Waals surface area contributed by atoms with Crippen LogP contribution in [0.15, 0.2) is 29.8 Å². The summed E-state index contributed by atoms with van der Waals surface area (Å²) in [7, 11) is 0. The Bertz CT molecular complexity index is 457. The largest absolute Gasteiger partial charge is 0.305 e. The Kier molecular flexibility index (Phi) is 3.97. The average molecular weight is 236 g/mol. The van der Waals surface area contributed by atoms with Crippen molar-refractivity contribution in [2.75, 3.05) is 0 Å². The molecule has 0 fully saturated rings. The predicted molar refractivity (Wildman–Crippen MR) is 63.4 cm³/mol. The molecule has 0 spiro atoms. The van der Waals surface area contributed by atoms with Crippen molar-refractivity contribution in [1.82, 2.24) is 0 Å². The maximum Gasteiger partial charge on any atom is 0.273 e. The van der Waals surface area contributed by atoms with E-state index in [1.807, 2.05) is 19.1 Å². The van der Waals surface area contributed by atoms with Crippen LogP contribution in [0.4, 0.5) is 8.78 Å². The Hall–Kier alpha value is -1.73. The van der Waals surface area contributed by atoms with Gasteiger partial charge in [0.25, 0.3) is 6.43 Å². The maximum atomic E-state index is 12.7. The van der Waals surface area contributed by atoms with E-state index >= 15 is 0 Å². The molecule has 0 saturated carbocycles. The molecule has 0 aliphatic rings. The Morgan fingerprint density at radius 2 is 1.94 bits per heavy atom. The Morgan fingerprint density at radius 3 is 2.35 bits per heavy atom. The van der Waals surface area contributed by atoms with E-state index in [2.05, 4.69) is 0 Å². The van der Waals surface area contributed by atoms with Crippen molar-refractivity contribution in [3.05, 3.63) is 41.0 Å². The highest BCUT2D eigenvalue weighted by Gasteiger charge is 2.37. The van der Waals surface area contributed by atoms with E-state index in [4.69, 9.17) is 11.0 Å². The lowest BCUT2D eigenvalue weighted by Crippen LogP contribution is -2.46. The van der Waals surface area contributed by atoms with Crippen LogP contribution in [0.5, 0.6) is 0 Å². The van der Waals surface area contributed by atoms with E-state index in [9.17, 15) is 8.78 Å².